The average Bonchev–Trinajstić information content (AvgIpc) is 2.47. The molecule has 3 nitrogen and oxygen atoms in total. The second kappa shape index (κ2) is 6.32. The van der Waals surface area contributed by atoms with Crippen LogP contribution in [0.1, 0.15) is 30.9 Å². The van der Waals surface area contributed by atoms with Crippen molar-refractivity contribution in [3.05, 3.63) is 35.4 Å². The monoisotopic (exact) mass is 249 g/mol. The molecule has 0 aromatic heterocycles. The first-order valence-electron chi connectivity index (χ1n) is 6.77. The Morgan fingerprint density at radius 3 is 2.33 bits per heavy atom. The van der Waals surface area contributed by atoms with Crippen molar-refractivity contribution in [2.75, 3.05) is 19.8 Å². The SMILES string of the molecule is CCc1ccc(COC2(CN)CCOCC2)cc1. The van der Waals surface area contributed by atoms with E-state index in [2.05, 4.69) is 31.2 Å². The van der Waals surface area contributed by atoms with Gasteiger partial charge in [0, 0.05) is 32.6 Å². The Hall–Kier alpha value is -0.900. The molecule has 0 saturated carbocycles. The van der Waals surface area contributed by atoms with Gasteiger partial charge in [0.1, 0.15) is 0 Å². The molecule has 100 valence electrons. The van der Waals surface area contributed by atoms with E-state index in [0.29, 0.717) is 13.2 Å². The number of aryl methyl sites for hydroxylation is 1. The zero-order valence-electron chi connectivity index (χ0n) is 11.2. The molecular formula is C15H23NO2. The molecule has 1 heterocycles. The van der Waals surface area contributed by atoms with Crippen molar-refractivity contribution in [3.8, 4) is 0 Å². The topological polar surface area (TPSA) is 44.5 Å². The average molecular weight is 249 g/mol. The van der Waals surface area contributed by atoms with Crippen molar-refractivity contribution in [2.45, 2.75) is 38.4 Å². The first kappa shape index (κ1) is 13.5. The highest BCUT2D eigenvalue weighted by Crippen LogP contribution is 2.25. The summed E-state index contributed by atoms with van der Waals surface area (Å²) in [6.45, 7) is 4.89. The fourth-order valence-electron chi connectivity index (χ4n) is 2.26. The highest BCUT2D eigenvalue weighted by molar-refractivity contribution is 5.21. The Kier molecular flexibility index (Phi) is 4.75. The number of ether oxygens (including phenoxy) is 2. The largest absolute Gasteiger partial charge is 0.381 e. The number of benzene rings is 1. The number of rotatable bonds is 5. The van der Waals surface area contributed by atoms with Crippen LogP contribution in [-0.4, -0.2) is 25.4 Å². The van der Waals surface area contributed by atoms with Gasteiger partial charge in [-0.2, -0.15) is 0 Å². The van der Waals surface area contributed by atoms with Crippen molar-refractivity contribution in [3.63, 3.8) is 0 Å². The van der Waals surface area contributed by atoms with Crippen LogP contribution >= 0.6 is 0 Å². The maximum atomic E-state index is 6.07. The number of hydrogen-bond acceptors (Lipinski definition) is 3. The first-order chi connectivity index (χ1) is 8.78. The minimum absolute atomic E-state index is 0.179. The Bertz CT molecular complexity index is 355. The summed E-state index contributed by atoms with van der Waals surface area (Å²) >= 11 is 0. The molecule has 1 saturated heterocycles. The van der Waals surface area contributed by atoms with Crippen LogP contribution in [0, 0.1) is 0 Å². The quantitative estimate of drug-likeness (QED) is 0.870. The van der Waals surface area contributed by atoms with Gasteiger partial charge in [-0.25, -0.2) is 0 Å². The van der Waals surface area contributed by atoms with Gasteiger partial charge in [-0.1, -0.05) is 31.2 Å². The second-order valence-electron chi connectivity index (χ2n) is 4.96. The van der Waals surface area contributed by atoms with Gasteiger partial charge in [-0.15, -0.1) is 0 Å². The Morgan fingerprint density at radius 1 is 1.17 bits per heavy atom. The van der Waals surface area contributed by atoms with E-state index in [1.54, 1.807) is 0 Å². The molecule has 1 fully saturated rings. The lowest BCUT2D eigenvalue weighted by Gasteiger charge is -2.36. The molecule has 0 aliphatic carbocycles. The summed E-state index contributed by atoms with van der Waals surface area (Å²) in [5, 5.41) is 0. The lowest BCUT2D eigenvalue weighted by atomic mass is 9.94. The molecule has 1 aliphatic rings. The van der Waals surface area contributed by atoms with Crippen molar-refractivity contribution in [2.24, 2.45) is 5.73 Å². The predicted octanol–water partition coefficient (Wildman–Crippen LogP) is 2.27. The van der Waals surface area contributed by atoms with Crippen LogP contribution in [0.25, 0.3) is 0 Å². The maximum absolute atomic E-state index is 6.07. The van der Waals surface area contributed by atoms with Gasteiger partial charge in [-0.3, -0.25) is 0 Å². The lowest BCUT2D eigenvalue weighted by Crippen LogP contribution is -2.45. The van der Waals surface area contributed by atoms with Crippen LogP contribution in [-0.2, 0) is 22.5 Å². The highest BCUT2D eigenvalue weighted by Gasteiger charge is 2.31. The van der Waals surface area contributed by atoms with E-state index in [4.69, 9.17) is 15.2 Å². The van der Waals surface area contributed by atoms with E-state index in [0.717, 1.165) is 32.5 Å². The van der Waals surface area contributed by atoms with E-state index in [1.807, 2.05) is 0 Å². The number of nitrogens with two attached hydrogens (primary N) is 1. The molecule has 0 atom stereocenters. The standard InChI is InChI=1S/C15H23NO2/c1-2-13-3-5-14(6-4-13)11-18-15(12-16)7-9-17-10-8-15/h3-6H,2,7-12,16H2,1H3. The summed E-state index contributed by atoms with van der Waals surface area (Å²) in [7, 11) is 0. The van der Waals surface area contributed by atoms with Crippen molar-refractivity contribution in [1.82, 2.24) is 0 Å². The third-order valence-electron chi connectivity index (χ3n) is 3.75. The van der Waals surface area contributed by atoms with Crippen molar-refractivity contribution in [1.29, 1.82) is 0 Å². The van der Waals surface area contributed by atoms with Crippen LogP contribution < -0.4 is 5.73 Å². The molecular weight excluding hydrogens is 226 g/mol. The Morgan fingerprint density at radius 2 is 1.78 bits per heavy atom. The van der Waals surface area contributed by atoms with E-state index in [1.165, 1.54) is 11.1 Å². The molecule has 1 aromatic rings. The fraction of sp³-hybridized carbons (Fsp3) is 0.600. The normalized spacial score (nSPS) is 18.8. The van der Waals surface area contributed by atoms with Gasteiger partial charge in [0.25, 0.3) is 0 Å². The second-order valence-corrected chi connectivity index (χ2v) is 4.96. The Labute approximate surface area is 109 Å². The van der Waals surface area contributed by atoms with Gasteiger partial charge in [0.05, 0.1) is 12.2 Å². The zero-order chi connectivity index (χ0) is 12.8. The van der Waals surface area contributed by atoms with Gasteiger partial charge in [0.2, 0.25) is 0 Å². The third-order valence-corrected chi connectivity index (χ3v) is 3.75. The van der Waals surface area contributed by atoms with Gasteiger partial charge in [-0.05, 0) is 17.5 Å². The van der Waals surface area contributed by atoms with Crippen molar-refractivity contribution >= 4 is 0 Å². The van der Waals surface area contributed by atoms with E-state index in [9.17, 15) is 0 Å². The molecule has 0 spiro atoms. The van der Waals surface area contributed by atoms with Crippen LogP contribution in [0.2, 0.25) is 0 Å². The van der Waals surface area contributed by atoms with Gasteiger partial charge < -0.3 is 15.2 Å². The van der Waals surface area contributed by atoms with E-state index in [-0.39, 0.29) is 5.60 Å². The molecule has 18 heavy (non-hydrogen) atoms. The first-order valence-corrected chi connectivity index (χ1v) is 6.77. The minimum Gasteiger partial charge on any atom is -0.381 e. The molecule has 3 heteroatoms. The lowest BCUT2D eigenvalue weighted by molar-refractivity contribution is -0.112. The summed E-state index contributed by atoms with van der Waals surface area (Å²) in [5.41, 5.74) is 8.26. The van der Waals surface area contributed by atoms with Crippen LogP contribution in [0.3, 0.4) is 0 Å². The summed E-state index contributed by atoms with van der Waals surface area (Å²) in [5.74, 6) is 0. The van der Waals surface area contributed by atoms with Crippen LogP contribution in [0.15, 0.2) is 24.3 Å². The molecule has 1 aromatic carbocycles. The summed E-state index contributed by atoms with van der Waals surface area (Å²) < 4.78 is 11.4. The molecule has 0 radical (unpaired) electrons. The summed E-state index contributed by atoms with van der Waals surface area (Å²) in [4.78, 5) is 0. The molecule has 2 rings (SSSR count). The van der Waals surface area contributed by atoms with Crippen LogP contribution in [0.5, 0.6) is 0 Å². The Balaban J connectivity index is 1.92. The van der Waals surface area contributed by atoms with Crippen LogP contribution in [0.4, 0.5) is 0 Å². The van der Waals surface area contributed by atoms with Gasteiger partial charge in [0.15, 0.2) is 0 Å². The van der Waals surface area contributed by atoms with Gasteiger partial charge >= 0.3 is 0 Å². The summed E-state index contributed by atoms with van der Waals surface area (Å²) in [6.07, 6.45) is 2.87. The predicted molar refractivity (Wildman–Crippen MR) is 72.4 cm³/mol. The molecule has 1 aliphatic heterocycles. The number of hydrogen-bond donors (Lipinski definition) is 1. The fourth-order valence-corrected chi connectivity index (χ4v) is 2.26. The molecule has 2 N–H and O–H groups in total. The van der Waals surface area contributed by atoms with E-state index >= 15 is 0 Å². The smallest absolute Gasteiger partial charge is 0.0852 e. The maximum Gasteiger partial charge on any atom is 0.0852 e. The molecule has 0 bridgehead atoms. The zero-order valence-corrected chi connectivity index (χ0v) is 11.2. The highest BCUT2D eigenvalue weighted by atomic mass is 16.5. The van der Waals surface area contributed by atoms with Crippen molar-refractivity contribution < 1.29 is 9.47 Å². The summed E-state index contributed by atoms with van der Waals surface area (Å²) in [6, 6.07) is 8.61. The third kappa shape index (κ3) is 3.31. The molecule has 0 unspecified atom stereocenters. The van der Waals surface area contributed by atoms with E-state index < -0.39 is 0 Å². The molecule has 0 amide bonds. The minimum atomic E-state index is -0.179.